The van der Waals surface area contributed by atoms with Crippen LogP contribution in [0.1, 0.15) is 58.3 Å². The first-order valence-electron chi connectivity index (χ1n) is 6.59. The zero-order valence-electron chi connectivity index (χ0n) is 10.3. The first-order chi connectivity index (χ1) is 7.74. The summed E-state index contributed by atoms with van der Waals surface area (Å²) in [6.07, 6.45) is 9.07. The van der Waals surface area contributed by atoms with Crippen molar-refractivity contribution < 1.29 is 4.79 Å². The summed E-state index contributed by atoms with van der Waals surface area (Å²) in [6.45, 7) is 2.15. The third-order valence-corrected chi connectivity index (χ3v) is 3.80. The number of alkyl halides is 1. The highest BCUT2D eigenvalue weighted by atomic mass is 35.5. The fourth-order valence-electron chi connectivity index (χ4n) is 2.46. The van der Waals surface area contributed by atoms with E-state index in [0.29, 0.717) is 24.3 Å². The average Bonchev–Trinajstić information content (AvgIpc) is 2.30. The molecule has 3 heteroatoms. The molecule has 0 saturated heterocycles. The van der Waals surface area contributed by atoms with E-state index in [1.807, 2.05) is 0 Å². The monoisotopic (exact) mass is 245 g/mol. The lowest BCUT2D eigenvalue weighted by Crippen LogP contribution is -2.38. The summed E-state index contributed by atoms with van der Waals surface area (Å²) in [5, 5.41) is 3.13. The van der Waals surface area contributed by atoms with Crippen molar-refractivity contribution in [3.63, 3.8) is 0 Å². The van der Waals surface area contributed by atoms with Crippen LogP contribution in [-0.4, -0.2) is 17.8 Å². The van der Waals surface area contributed by atoms with Crippen molar-refractivity contribution in [1.82, 2.24) is 5.32 Å². The van der Waals surface area contributed by atoms with Crippen molar-refractivity contribution >= 4 is 17.5 Å². The molecule has 0 aromatic carbocycles. The Hall–Kier alpha value is -0.240. The number of hydrogen-bond donors (Lipinski definition) is 1. The van der Waals surface area contributed by atoms with E-state index in [-0.39, 0.29) is 5.91 Å². The molecule has 1 fully saturated rings. The van der Waals surface area contributed by atoms with Crippen molar-refractivity contribution in [3.05, 3.63) is 0 Å². The topological polar surface area (TPSA) is 29.1 Å². The molecular formula is C13H24ClNO. The van der Waals surface area contributed by atoms with Gasteiger partial charge in [-0.15, -0.1) is 11.6 Å². The van der Waals surface area contributed by atoms with E-state index >= 15 is 0 Å². The number of unbranched alkanes of at least 4 members (excludes halogenated alkanes) is 1. The number of rotatable bonds is 6. The Morgan fingerprint density at radius 2 is 2.00 bits per heavy atom. The molecule has 0 aliphatic heterocycles. The predicted molar refractivity (Wildman–Crippen MR) is 68.8 cm³/mol. The molecule has 2 nitrogen and oxygen atoms in total. The second-order valence-corrected chi connectivity index (χ2v) is 5.28. The molecule has 1 amide bonds. The Kier molecular flexibility index (Phi) is 6.86. The molecule has 1 atom stereocenters. The Balaban J connectivity index is 2.16. The summed E-state index contributed by atoms with van der Waals surface area (Å²) in [7, 11) is 0. The largest absolute Gasteiger partial charge is 0.353 e. The van der Waals surface area contributed by atoms with Gasteiger partial charge in [-0.3, -0.25) is 4.79 Å². The van der Waals surface area contributed by atoms with E-state index in [9.17, 15) is 4.79 Å². The van der Waals surface area contributed by atoms with Gasteiger partial charge < -0.3 is 5.32 Å². The lowest BCUT2D eigenvalue weighted by molar-refractivity contribution is -0.122. The van der Waals surface area contributed by atoms with Gasteiger partial charge in [-0.1, -0.05) is 19.3 Å². The van der Waals surface area contributed by atoms with Gasteiger partial charge in [0.1, 0.15) is 0 Å². The van der Waals surface area contributed by atoms with Gasteiger partial charge in [0.2, 0.25) is 5.91 Å². The van der Waals surface area contributed by atoms with Gasteiger partial charge in [-0.2, -0.15) is 0 Å². The molecule has 16 heavy (non-hydrogen) atoms. The van der Waals surface area contributed by atoms with Gasteiger partial charge in [0.05, 0.1) is 0 Å². The lowest BCUT2D eigenvalue weighted by Gasteiger charge is -2.28. The van der Waals surface area contributed by atoms with E-state index < -0.39 is 0 Å². The fraction of sp³-hybridized carbons (Fsp3) is 0.923. The zero-order valence-corrected chi connectivity index (χ0v) is 11.1. The highest BCUT2D eigenvalue weighted by Crippen LogP contribution is 2.26. The number of nitrogens with one attached hydrogen (secondary N) is 1. The van der Waals surface area contributed by atoms with Crippen molar-refractivity contribution in [1.29, 1.82) is 0 Å². The summed E-state index contributed by atoms with van der Waals surface area (Å²) in [6, 6.07) is 0.351. The minimum absolute atomic E-state index is 0.197. The van der Waals surface area contributed by atoms with Crippen LogP contribution in [0.25, 0.3) is 0 Å². The zero-order chi connectivity index (χ0) is 11.8. The third-order valence-electron chi connectivity index (χ3n) is 3.53. The van der Waals surface area contributed by atoms with Gasteiger partial charge in [-0.05, 0) is 38.5 Å². The van der Waals surface area contributed by atoms with Crippen LogP contribution in [0.2, 0.25) is 0 Å². The van der Waals surface area contributed by atoms with Crippen LogP contribution in [0, 0.1) is 5.92 Å². The average molecular weight is 246 g/mol. The quantitative estimate of drug-likeness (QED) is 0.563. The van der Waals surface area contributed by atoms with Crippen molar-refractivity contribution in [2.24, 2.45) is 5.92 Å². The van der Waals surface area contributed by atoms with Crippen molar-refractivity contribution in [3.8, 4) is 0 Å². The molecule has 0 spiro atoms. The smallest absolute Gasteiger partial charge is 0.220 e. The van der Waals surface area contributed by atoms with Gasteiger partial charge in [0.15, 0.2) is 0 Å². The van der Waals surface area contributed by atoms with E-state index in [2.05, 4.69) is 12.2 Å². The maximum atomic E-state index is 11.6. The summed E-state index contributed by atoms with van der Waals surface area (Å²) in [5.74, 6) is 1.56. The van der Waals surface area contributed by atoms with Crippen LogP contribution in [0.4, 0.5) is 0 Å². The molecule has 0 unspecified atom stereocenters. The van der Waals surface area contributed by atoms with Crippen LogP contribution in [0.3, 0.4) is 0 Å². The lowest BCUT2D eigenvalue weighted by atomic mass is 9.84. The van der Waals surface area contributed by atoms with Gasteiger partial charge in [-0.25, -0.2) is 0 Å². The number of carbonyl (C=O) groups excluding carboxylic acids is 1. The normalized spacial score (nSPS) is 19.4. The van der Waals surface area contributed by atoms with E-state index in [0.717, 1.165) is 12.8 Å². The molecule has 0 bridgehead atoms. The predicted octanol–water partition coefficient (Wildman–Crippen LogP) is 3.48. The van der Waals surface area contributed by atoms with Gasteiger partial charge in [0.25, 0.3) is 0 Å². The SMILES string of the molecule is C[C@H](NC(=O)CCCCCl)C1CCCCC1. The first-order valence-corrected chi connectivity index (χ1v) is 7.13. The van der Waals surface area contributed by atoms with Crippen LogP contribution in [0.15, 0.2) is 0 Å². The number of amides is 1. The maximum Gasteiger partial charge on any atom is 0.220 e. The van der Waals surface area contributed by atoms with Crippen LogP contribution in [-0.2, 0) is 4.79 Å². The molecule has 1 saturated carbocycles. The molecule has 1 aliphatic rings. The summed E-state index contributed by atoms with van der Waals surface area (Å²) in [5.41, 5.74) is 0. The Morgan fingerprint density at radius 1 is 1.31 bits per heavy atom. The Labute approximate surface area is 104 Å². The highest BCUT2D eigenvalue weighted by Gasteiger charge is 2.20. The number of hydrogen-bond acceptors (Lipinski definition) is 1. The second kappa shape index (κ2) is 7.94. The molecule has 1 aliphatic carbocycles. The number of carbonyl (C=O) groups is 1. The van der Waals surface area contributed by atoms with Crippen molar-refractivity contribution in [2.75, 3.05) is 5.88 Å². The Bertz CT molecular complexity index is 202. The first kappa shape index (κ1) is 13.8. The Morgan fingerprint density at radius 3 is 2.62 bits per heavy atom. The molecule has 0 heterocycles. The summed E-state index contributed by atoms with van der Waals surface area (Å²) in [4.78, 5) is 11.6. The van der Waals surface area contributed by atoms with Gasteiger partial charge in [0, 0.05) is 18.3 Å². The standard InChI is InChI=1S/C13H24ClNO/c1-11(12-7-3-2-4-8-12)15-13(16)9-5-6-10-14/h11-12H,2-10H2,1H3,(H,15,16)/t11-/m0/s1. The van der Waals surface area contributed by atoms with Gasteiger partial charge >= 0.3 is 0 Å². The van der Waals surface area contributed by atoms with Crippen LogP contribution < -0.4 is 5.32 Å². The van der Waals surface area contributed by atoms with Crippen LogP contribution in [0.5, 0.6) is 0 Å². The summed E-state index contributed by atoms with van der Waals surface area (Å²) < 4.78 is 0. The fourth-order valence-corrected chi connectivity index (χ4v) is 2.65. The highest BCUT2D eigenvalue weighted by molar-refractivity contribution is 6.17. The maximum absolute atomic E-state index is 11.6. The minimum atomic E-state index is 0.197. The molecule has 1 rings (SSSR count). The van der Waals surface area contributed by atoms with E-state index in [1.54, 1.807) is 0 Å². The molecule has 0 aromatic heterocycles. The molecule has 94 valence electrons. The minimum Gasteiger partial charge on any atom is -0.353 e. The van der Waals surface area contributed by atoms with E-state index in [4.69, 9.17) is 11.6 Å². The van der Waals surface area contributed by atoms with Crippen LogP contribution >= 0.6 is 11.6 Å². The number of halogens is 1. The second-order valence-electron chi connectivity index (χ2n) is 4.90. The molecular weight excluding hydrogens is 222 g/mol. The third kappa shape index (κ3) is 5.20. The molecule has 1 N–H and O–H groups in total. The van der Waals surface area contributed by atoms with Crippen molar-refractivity contribution in [2.45, 2.75) is 64.3 Å². The molecule has 0 radical (unpaired) electrons. The molecule has 0 aromatic rings. The summed E-state index contributed by atoms with van der Waals surface area (Å²) >= 11 is 5.58. The van der Waals surface area contributed by atoms with E-state index in [1.165, 1.54) is 32.1 Å².